The molecular formula is C3H10NaO5P. The zero-order valence-electron chi connectivity index (χ0n) is 6.73. The molecule has 0 saturated carbocycles. The van der Waals surface area contributed by atoms with Crippen molar-refractivity contribution in [2.24, 2.45) is 0 Å². The normalized spacial score (nSPS) is 10.7. The van der Waals surface area contributed by atoms with Gasteiger partial charge in [-0.3, -0.25) is 4.52 Å². The van der Waals surface area contributed by atoms with Crippen LogP contribution in [-0.2, 0) is 9.09 Å². The van der Waals surface area contributed by atoms with Crippen molar-refractivity contribution in [3.63, 3.8) is 0 Å². The Bertz CT molecular complexity index is 116. The quantitative estimate of drug-likeness (QED) is 0.238. The Morgan fingerprint density at radius 2 is 2.00 bits per heavy atom. The molecule has 0 saturated heterocycles. The van der Waals surface area contributed by atoms with Crippen LogP contribution in [0.2, 0.25) is 0 Å². The van der Waals surface area contributed by atoms with Crippen LogP contribution >= 0.6 is 7.82 Å². The van der Waals surface area contributed by atoms with Gasteiger partial charge >= 0.3 is 37.4 Å². The van der Waals surface area contributed by atoms with Gasteiger partial charge in [0.05, 0.1) is 6.61 Å². The SMILES string of the molecule is O=P(O)(O)OCCCO.[H-].[Na+]. The van der Waals surface area contributed by atoms with Crippen LogP contribution in [0.25, 0.3) is 0 Å². The van der Waals surface area contributed by atoms with E-state index in [4.69, 9.17) is 14.9 Å². The summed E-state index contributed by atoms with van der Waals surface area (Å²) in [5.74, 6) is 0. The number of phosphoric acid groups is 1. The first-order chi connectivity index (χ1) is 4.06. The Morgan fingerprint density at radius 3 is 2.30 bits per heavy atom. The van der Waals surface area contributed by atoms with Gasteiger partial charge in [-0.2, -0.15) is 0 Å². The summed E-state index contributed by atoms with van der Waals surface area (Å²) < 4.78 is 13.9. The standard InChI is InChI=1S/C3H9O5P.Na.H/c4-2-1-3-8-9(5,6)7;;/h4H,1-3H2,(H2,5,6,7);;/q;+1;-1. The van der Waals surface area contributed by atoms with Crippen LogP contribution in [0.5, 0.6) is 0 Å². The second-order valence-electron chi connectivity index (χ2n) is 1.40. The monoisotopic (exact) mass is 180 g/mol. The van der Waals surface area contributed by atoms with E-state index in [-0.39, 0.29) is 50.6 Å². The zero-order valence-corrected chi connectivity index (χ0v) is 8.62. The number of aliphatic hydroxyl groups excluding tert-OH is 1. The molecule has 0 aliphatic heterocycles. The number of hydrogen-bond acceptors (Lipinski definition) is 3. The average Bonchev–Trinajstić information content (AvgIpc) is 1.63. The third-order valence-electron chi connectivity index (χ3n) is 0.562. The molecule has 0 bridgehead atoms. The molecule has 0 aliphatic rings. The maximum atomic E-state index is 9.90. The van der Waals surface area contributed by atoms with Gasteiger partial charge in [0, 0.05) is 6.61 Å². The van der Waals surface area contributed by atoms with Crippen LogP contribution < -0.4 is 29.6 Å². The molecule has 0 fully saturated rings. The average molecular weight is 180 g/mol. The fraction of sp³-hybridized carbons (Fsp3) is 1.00. The summed E-state index contributed by atoms with van der Waals surface area (Å²) in [5, 5.41) is 8.13. The summed E-state index contributed by atoms with van der Waals surface area (Å²) in [4.78, 5) is 16.1. The summed E-state index contributed by atoms with van der Waals surface area (Å²) in [6.07, 6.45) is 0.241. The summed E-state index contributed by atoms with van der Waals surface area (Å²) in [6.45, 7) is -0.235. The van der Waals surface area contributed by atoms with E-state index >= 15 is 0 Å². The van der Waals surface area contributed by atoms with Gasteiger partial charge in [-0.25, -0.2) is 4.57 Å². The van der Waals surface area contributed by atoms with Crippen molar-refractivity contribution in [1.82, 2.24) is 0 Å². The van der Waals surface area contributed by atoms with Gasteiger partial charge in [0.1, 0.15) is 0 Å². The molecule has 0 heterocycles. The first kappa shape index (κ1) is 13.6. The van der Waals surface area contributed by atoms with Gasteiger partial charge in [0.25, 0.3) is 0 Å². The fourth-order valence-corrected chi connectivity index (χ4v) is 0.615. The molecule has 0 atom stereocenters. The molecule has 0 amide bonds. The molecule has 0 rings (SSSR count). The topological polar surface area (TPSA) is 87.0 Å². The van der Waals surface area contributed by atoms with Crippen LogP contribution in [0.1, 0.15) is 7.85 Å². The molecule has 0 aromatic rings. The predicted molar refractivity (Wildman–Crippen MR) is 30.8 cm³/mol. The van der Waals surface area contributed by atoms with Gasteiger partial charge in [-0.15, -0.1) is 0 Å². The van der Waals surface area contributed by atoms with E-state index in [9.17, 15) is 4.57 Å². The van der Waals surface area contributed by atoms with Crippen molar-refractivity contribution in [1.29, 1.82) is 0 Å². The van der Waals surface area contributed by atoms with Crippen molar-refractivity contribution < 1.29 is 55.0 Å². The van der Waals surface area contributed by atoms with Crippen molar-refractivity contribution in [3.05, 3.63) is 0 Å². The Kier molecular flexibility index (Phi) is 9.22. The van der Waals surface area contributed by atoms with Crippen LogP contribution in [0.15, 0.2) is 0 Å². The smallest absolute Gasteiger partial charge is 1.00 e. The minimum atomic E-state index is -4.31. The van der Waals surface area contributed by atoms with Gasteiger partial charge in [-0.05, 0) is 6.42 Å². The van der Waals surface area contributed by atoms with Crippen molar-refractivity contribution in [2.45, 2.75) is 6.42 Å². The summed E-state index contributed by atoms with van der Waals surface area (Å²) in [7, 11) is -4.31. The Hall–Kier alpha value is 1.07. The Morgan fingerprint density at radius 1 is 1.50 bits per heavy atom. The third kappa shape index (κ3) is 11.8. The van der Waals surface area contributed by atoms with Crippen molar-refractivity contribution >= 4 is 7.82 Å². The molecule has 3 N–H and O–H groups in total. The van der Waals surface area contributed by atoms with Gasteiger partial charge in [0.15, 0.2) is 0 Å². The van der Waals surface area contributed by atoms with Gasteiger partial charge < -0.3 is 16.3 Å². The van der Waals surface area contributed by atoms with E-state index in [1.807, 2.05) is 0 Å². The largest absolute Gasteiger partial charge is 1.00 e. The third-order valence-corrected chi connectivity index (χ3v) is 1.08. The summed E-state index contributed by atoms with van der Waals surface area (Å²) >= 11 is 0. The summed E-state index contributed by atoms with van der Waals surface area (Å²) in [6, 6.07) is 0. The maximum absolute atomic E-state index is 9.90. The van der Waals surface area contributed by atoms with Crippen LogP contribution in [0, 0.1) is 0 Å². The number of hydrogen-bond donors (Lipinski definition) is 3. The fourth-order valence-electron chi connectivity index (χ4n) is 0.248. The molecular weight excluding hydrogens is 170 g/mol. The predicted octanol–water partition coefficient (Wildman–Crippen LogP) is -3.41. The first-order valence-electron chi connectivity index (χ1n) is 2.37. The second kappa shape index (κ2) is 6.76. The molecule has 5 nitrogen and oxygen atoms in total. The van der Waals surface area contributed by atoms with Crippen LogP contribution in [0.4, 0.5) is 0 Å². The minimum Gasteiger partial charge on any atom is -1.00 e. The number of aliphatic hydroxyl groups is 1. The van der Waals surface area contributed by atoms with E-state index < -0.39 is 7.82 Å². The number of rotatable bonds is 4. The number of phosphoric ester groups is 1. The van der Waals surface area contributed by atoms with E-state index in [1.165, 1.54) is 0 Å². The van der Waals surface area contributed by atoms with Crippen molar-refractivity contribution in [2.75, 3.05) is 13.2 Å². The molecule has 0 radical (unpaired) electrons. The Labute approximate surface area is 82.4 Å². The van der Waals surface area contributed by atoms with Crippen molar-refractivity contribution in [3.8, 4) is 0 Å². The van der Waals surface area contributed by atoms with E-state index in [1.54, 1.807) is 0 Å². The molecule has 0 spiro atoms. The molecule has 58 valence electrons. The summed E-state index contributed by atoms with van der Waals surface area (Å²) in [5.41, 5.74) is 0. The molecule has 0 unspecified atom stereocenters. The zero-order chi connectivity index (χ0) is 7.33. The first-order valence-corrected chi connectivity index (χ1v) is 3.90. The molecule has 7 heteroatoms. The van der Waals surface area contributed by atoms with Gasteiger partial charge in [0.2, 0.25) is 0 Å². The molecule has 0 aromatic heterocycles. The molecule has 10 heavy (non-hydrogen) atoms. The van der Waals surface area contributed by atoms with Crippen LogP contribution in [-0.4, -0.2) is 28.1 Å². The van der Waals surface area contributed by atoms with E-state index in [0.29, 0.717) is 0 Å². The van der Waals surface area contributed by atoms with E-state index in [2.05, 4.69) is 4.52 Å². The second-order valence-corrected chi connectivity index (χ2v) is 2.64. The minimum absolute atomic E-state index is 0. The maximum Gasteiger partial charge on any atom is 1.00 e. The van der Waals surface area contributed by atoms with E-state index in [0.717, 1.165) is 0 Å². The molecule has 0 aromatic carbocycles. The van der Waals surface area contributed by atoms with Gasteiger partial charge in [-0.1, -0.05) is 0 Å². The molecule has 0 aliphatic carbocycles. The Balaban J connectivity index is -0.000000320. The van der Waals surface area contributed by atoms with Crippen LogP contribution in [0.3, 0.4) is 0 Å².